The van der Waals surface area contributed by atoms with E-state index in [-0.39, 0.29) is 17.5 Å². The van der Waals surface area contributed by atoms with Gasteiger partial charge < -0.3 is 9.80 Å². The lowest BCUT2D eigenvalue weighted by molar-refractivity contribution is 0.590. The van der Waals surface area contributed by atoms with Crippen LogP contribution in [0, 0.1) is 0 Å². The van der Waals surface area contributed by atoms with E-state index in [1.807, 2.05) is 0 Å². The van der Waals surface area contributed by atoms with Gasteiger partial charge in [-0.25, -0.2) is 0 Å². The fraction of sp³-hybridized carbons (Fsp3) is 0.222. The van der Waals surface area contributed by atoms with Gasteiger partial charge in [-0.3, -0.25) is 0 Å². The molecule has 0 spiro atoms. The van der Waals surface area contributed by atoms with Gasteiger partial charge in [0, 0.05) is 34.0 Å². The van der Waals surface area contributed by atoms with Gasteiger partial charge >= 0.3 is 0 Å². The first-order valence-electron chi connectivity index (χ1n) is 20.9. The molecule has 7 aromatic rings. The third kappa shape index (κ3) is 6.02. The molecule has 0 radical (unpaired) electrons. The van der Waals surface area contributed by atoms with E-state index < -0.39 is 0 Å². The molecule has 3 aliphatic rings. The minimum absolute atomic E-state index is 0.00188. The smallest absolute Gasteiger partial charge is 0.252 e. The quantitative estimate of drug-likeness (QED) is 0.166. The van der Waals surface area contributed by atoms with Gasteiger partial charge in [-0.2, -0.15) is 0 Å². The van der Waals surface area contributed by atoms with Gasteiger partial charge in [-0.1, -0.05) is 145 Å². The fourth-order valence-corrected chi connectivity index (χ4v) is 9.64. The van der Waals surface area contributed by atoms with Gasteiger partial charge in [0.25, 0.3) is 6.71 Å². The second-order valence-electron chi connectivity index (χ2n) is 18.5. The Morgan fingerprint density at radius 1 is 0.421 bits per heavy atom. The Morgan fingerprint density at radius 3 is 1.63 bits per heavy atom. The van der Waals surface area contributed by atoms with Crippen molar-refractivity contribution in [2.45, 2.75) is 78.1 Å². The summed E-state index contributed by atoms with van der Waals surface area (Å²) < 4.78 is 0. The van der Waals surface area contributed by atoms with Crippen LogP contribution in [0.2, 0.25) is 0 Å². The molecule has 0 saturated heterocycles. The number of anilines is 6. The maximum Gasteiger partial charge on any atom is 0.252 e. The summed E-state index contributed by atoms with van der Waals surface area (Å²) in [4.78, 5) is 5.22. The molecule has 0 N–H and O–H groups in total. The second kappa shape index (κ2) is 13.4. The molecule has 0 bridgehead atoms. The number of rotatable bonds is 4. The molecule has 10 rings (SSSR count). The number of para-hydroxylation sites is 1. The van der Waals surface area contributed by atoms with Crippen LogP contribution in [0.1, 0.15) is 76.6 Å². The van der Waals surface area contributed by atoms with Crippen molar-refractivity contribution in [2.75, 3.05) is 9.80 Å². The summed E-state index contributed by atoms with van der Waals surface area (Å²) in [6.07, 6.45) is 4.80. The lowest BCUT2D eigenvalue weighted by atomic mass is 9.33. The third-order valence-electron chi connectivity index (χ3n) is 12.7. The van der Waals surface area contributed by atoms with E-state index in [9.17, 15) is 0 Å². The van der Waals surface area contributed by atoms with Crippen LogP contribution in [0.4, 0.5) is 34.1 Å². The molecule has 2 nitrogen and oxygen atoms in total. The van der Waals surface area contributed by atoms with Crippen LogP contribution in [-0.4, -0.2) is 6.71 Å². The molecular weight excluding hydrogens is 687 g/mol. The van der Waals surface area contributed by atoms with Crippen molar-refractivity contribution in [2.24, 2.45) is 0 Å². The summed E-state index contributed by atoms with van der Waals surface area (Å²) in [5.41, 5.74) is 22.3. The van der Waals surface area contributed by atoms with Gasteiger partial charge in [0.1, 0.15) is 0 Å². The van der Waals surface area contributed by atoms with Gasteiger partial charge in [-0.05, 0) is 140 Å². The van der Waals surface area contributed by atoms with E-state index in [1.54, 1.807) is 0 Å². The minimum Gasteiger partial charge on any atom is -0.311 e. The summed E-state index contributed by atoms with van der Waals surface area (Å²) in [7, 11) is 0. The van der Waals surface area contributed by atoms with Crippen LogP contribution in [-0.2, 0) is 23.7 Å². The van der Waals surface area contributed by atoms with Crippen molar-refractivity contribution in [3.05, 3.63) is 174 Å². The average Bonchev–Trinajstić information content (AvgIpc) is 3.22. The topological polar surface area (TPSA) is 6.48 Å². The monoisotopic (exact) mass is 738 g/mol. The Balaban J connectivity index is 1.35. The molecular formula is C54H51BN2. The van der Waals surface area contributed by atoms with Crippen LogP contribution in [0.3, 0.4) is 0 Å². The normalized spacial score (nSPS) is 14.5. The summed E-state index contributed by atoms with van der Waals surface area (Å²) >= 11 is 0. The Kier molecular flexibility index (Phi) is 8.38. The highest BCUT2D eigenvalue weighted by molar-refractivity contribution is 7.00. The Hall–Kier alpha value is -5.80. The number of hydrogen-bond acceptors (Lipinski definition) is 2. The highest BCUT2D eigenvalue weighted by atomic mass is 15.2. The van der Waals surface area contributed by atoms with E-state index in [0.717, 1.165) is 12.8 Å². The van der Waals surface area contributed by atoms with Gasteiger partial charge in [0.2, 0.25) is 0 Å². The SMILES string of the molecule is CC(C)(C)c1ccc(N2c3ccc(-c4ccccc4)cc3B3c4cc5c(cc4N(c4ccccc4)c4cc(C(C)(C)C)cc2c43)CCCC5)c(-c2ccccc2)c1. The van der Waals surface area contributed by atoms with Crippen molar-refractivity contribution in [1.82, 2.24) is 0 Å². The molecule has 7 aromatic carbocycles. The zero-order chi connectivity index (χ0) is 39.1. The van der Waals surface area contributed by atoms with E-state index in [4.69, 9.17) is 0 Å². The molecule has 2 heterocycles. The molecule has 3 heteroatoms. The molecule has 0 saturated carbocycles. The number of benzene rings is 7. The van der Waals surface area contributed by atoms with E-state index in [1.165, 1.54) is 108 Å². The number of hydrogen-bond donors (Lipinski definition) is 0. The maximum absolute atomic E-state index is 2.62. The zero-order valence-corrected chi connectivity index (χ0v) is 34.2. The predicted octanol–water partition coefficient (Wildman–Crippen LogP) is 12.6. The van der Waals surface area contributed by atoms with Crippen molar-refractivity contribution in [3.63, 3.8) is 0 Å². The molecule has 280 valence electrons. The largest absolute Gasteiger partial charge is 0.311 e. The Labute approximate surface area is 339 Å². The van der Waals surface area contributed by atoms with Crippen molar-refractivity contribution >= 4 is 57.2 Å². The molecule has 0 aromatic heterocycles. The van der Waals surface area contributed by atoms with Crippen LogP contribution < -0.4 is 26.2 Å². The van der Waals surface area contributed by atoms with Gasteiger partial charge in [0.05, 0.1) is 5.69 Å². The lowest BCUT2D eigenvalue weighted by Gasteiger charge is -2.46. The van der Waals surface area contributed by atoms with Crippen molar-refractivity contribution in [3.8, 4) is 22.3 Å². The van der Waals surface area contributed by atoms with E-state index in [0.29, 0.717) is 0 Å². The highest BCUT2D eigenvalue weighted by Gasteiger charge is 2.45. The molecule has 0 amide bonds. The zero-order valence-electron chi connectivity index (χ0n) is 34.2. The first-order valence-corrected chi connectivity index (χ1v) is 20.9. The first kappa shape index (κ1) is 35.6. The lowest BCUT2D eigenvalue weighted by Crippen LogP contribution is -2.61. The van der Waals surface area contributed by atoms with E-state index >= 15 is 0 Å². The second-order valence-corrected chi connectivity index (χ2v) is 18.5. The number of fused-ring (bicyclic) bond motifs is 5. The Morgan fingerprint density at radius 2 is 0.982 bits per heavy atom. The van der Waals surface area contributed by atoms with Crippen molar-refractivity contribution in [1.29, 1.82) is 0 Å². The summed E-state index contributed by atoms with van der Waals surface area (Å²) in [6.45, 7) is 14.1. The average molecular weight is 739 g/mol. The van der Waals surface area contributed by atoms with Crippen LogP contribution in [0.15, 0.2) is 152 Å². The minimum atomic E-state index is -0.0824. The molecule has 1 aliphatic carbocycles. The van der Waals surface area contributed by atoms with Crippen LogP contribution >= 0.6 is 0 Å². The number of aryl methyl sites for hydroxylation is 2. The molecule has 0 fully saturated rings. The third-order valence-corrected chi connectivity index (χ3v) is 12.7. The summed E-state index contributed by atoms with van der Waals surface area (Å²) in [6, 6.07) is 57.8. The predicted molar refractivity (Wildman–Crippen MR) is 245 cm³/mol. The molecule has 0 unspecified atom stereocenters. The maximum atomic E-state index is 2.62. The summed E-state index contributed by atoms with van der Waals surface area (Å²) in [5, 5.41) is 0. The van der Waals surface area contributed by atoms with Gasteiger partial charge in [0.15, 0.2) is 0 Å². The summed E-state index contributed by atoms with van der Waals surface area (Å²) in [5.74, 6) is 0. The fourth-order valence-electron chi connectivity index (χ4n) is 9.64. The van der Waals surface area contributed by atoms with Gasteiger partial charge in [-0.15, -0.1) is 0 Å². The molecule has 2 aliphatic heterocycles. The van der Waals surface area contributed by atoms with Crippen LogP contribution in [0.25, 0.3) is 22.3 Å². The standard InChI is InChI=1S/C54H51BN2/c1-53(2,3)41-27-29-47(44(33-41)37-20-12-8-13-21-37)57-48-28-26-40(36-18-10-7-11-19-36)31-45(48)55-46-30-38-22-16-17-23-39(38)32-49(46)56(43-24-14-9-15-25-43)50-34-42(54(4,5)6)35-51(57)52(50)55/h7-15,18-21,24-35H,16-17,22-23H2,1-6H3. The molecule has 0 atom stereocenters. The molecule has 57 heavy (non-hydrogen) atoms. The Bertz CT molecular complexity index is 2650. The highest BCUT2D eigenvalue weighted by Crippen LogP contribution is 2.49. The van der Waals surface area contributed by atoms with Crippen molar-refractivity contribution < 1.29 is 0 Å². The first-order chi connectivity index (χ1) is 27.5. The van der Waals surface area contributed by atoms with Crippen LogP contribution in [0.5, 0.6) is 0 Å². The van der Waals surface area contributed by atoms with E-state index in [2.05, 4.69) is 203 Å². The number of nitrogens with zero attached hydrogens (tertiary/aromatic N) is 2.